The summed E-state index contributed by atoms with van der Waals surface area (Å²) in [6, 6.07) is 3.66. The molecule has 0 atom stereocenters. The van der Waals surface area contributed by atoms with E-state index < -0.39 is 0 Å². The van der Waals surface area contributed by atoms with Gasteiger partial charge in [0.2, 0.25) is 0 Å². The van der Waals surface area contributed by atoms with Crippen LogP contribution in [0.4, 0.5) is 0 Å². The van der Waals surface area contributed by atoms with Crippen molar-refractivity contribution in [1.82, 2.24) is 4.57 Å². The molecule has 1 aromatic rings. The molecule has 0 spiro atoms. The number of aryl methyl sites for hydroxylation is 1. The summed E-state index contributed by atoms with van der Waals surface area (Å²) in [4.78, 5) is 12.5. The quantitative estimate of drug-likeness (QED) is 0.853. The maximum absolute atomic E-state index is 12.3. The van der Waals surface area contributed by atoms with E-state index in [-0.39, 0.29) is 10.5 Å². The second-order valence-corrected chi connectivity index (χ2v) is 5.61. The molecule has 1 aliphatic carbocycles. The molecule has 0 saturated heterocycles. The molecule has 4 heteroatoms. The lowest BCUT2D eigenvalue weighted by atomic mass is 9.89. The van der Waals surface area contributed by atoms with Crippen LogP contribution < -0.4 is 11.3 Å². The number of pyridine rings is 1. The van der Waals surface area contributed by atoms with Gasteiger partial charge in [-0.3, -0.25) is 4.79 Å². The van der Waals surface area contributed by atoms with Gasteiger partial charge in [0.05, 0.1) is 5.56 Å². The zero-order valence-electron chi connectivity index (χ0n) is 10.8. The van der Waals surface area contributed by atoms with Gasteiger partial charge in [0.15, 0.2) is 0 Å². The monoisotopic (exact) mass is 264 g/mol. The number of hydrogen-bond donors (Lipinski definition) is 1. The Morgan fingerprint density at radius 1 is 1.39 bits per heavy atom. The van der Waals surface area contributed by atoms with Gasteiger partial charge in [-0.2, -0.15) is 0 Å². The molecule has 0 amide bonds. The number of aromatic nitrogens is 1. The fourth-order valence-electron chi connectivity index (χ4n) is 2.71. The minimum atomic E-state index is -0.0342. The second kappa shape index (κ2) is 5.65. The highest BCUT2D eigenvalue weighted by Crippen LogP contribution is 2.24. The number of hydrogen-bond acceptors (Lipinski definition) is 2. The Morgan fingerprint density at radius 3 is 2.67 bits per heavy atom. The van der Waals surface area contributed by atoms with Crippen molar-refractivity contribution in [1.29, 1.82) is 0 Å². The van der Waals surface area contributed by atoms with Crippen LogP contribution in [0.15, 0.2) is 16.9 Å². The molecule has 3 nitrogen and oxygen atoms in total. The molecular weight excluding hydrogens is 244 g/mol. The highest BCUT2D eigenvalue weighted by Gasteiger charge is 2.16. The maximum Gasteiger partial charge on any atom is 0.260 e. The van der Waals surface area contributed by atoms with Crippen molar-refractivity contribution in [3.05, 3.63) is 33.7 Å². The van der Waals surface area contributed by atoms with Gasteiger partial charge in [0, 0.05) is 12.2 Å². The molecule has 2 rings (SSSR count). The van der Waals surface area contributed by atoms with Crippen LogP contribution in [0.1, 0.15) is 43.4 Å². The van der Waals surface area contributed by atoms with E-state index >= 15 is 0 Å². The fourth-order valence-corrected chi connectivity index (χ4v) is 2.87. The highest BCUT2D eigenvalue weighted by atomic mass is 32.1. The van der Waals surface area contributed by atoms with Crippen LogP contribution >= 0.6 is 12.2 Å². The first-order chi connectivity index (χ1) is 8.59. The van der Waals surface area contributed by atoms with E-state index in [2.05, 4.69) is 0 Å². The van der Waals surface area contributed by atoms with Crippen molar-refractivity contribution in [2.75, 3.05) is 0 Å². The van der Waals surface area contributed by atoms with Crippen LogP contribution in [0.5, 0.6) is 0 Å². The van der Waals surface area contributed by atoms with E-state index in [1.54, 1.807) is 6.07 Å². The average molecular weight is 264 g/mol. The first-order valence-electron chi connectivity index (χ1n) is 6.60. The molecule has 0 unspecified atom stereocenters. The van der Waals surface area contributed by atoms with Crippen LogP contribution in [-0.2, 0) is 6.54 Å². The lowest BCUT2D eigenvalue weighted by molar-refractivity contribution is 0.314. The molecule has 2 N–H and O–H groups in total. The van der Waals surface area contributed by atoms with Crippen LogP contribution in [-0.4, -0.2) is 9.56 Å². The minimum Gasteiger partial charge on any atom is -0.389 e. The molecule has 1 aromatic heterocycles. The lowest BCUT2D eigenvalue weighted by Crippen LogP contribution is -2.32. The Labute approximate surface area is 113 Å². The standard InChI is InChI=1S/C14H20N2OS/c1-10-7-8-12(13(15)18)14(17)16(10)9-11-5-3-2-4-6-11/h7-8,11H,2-6,9H2,1H3,(H2,15,18). The van der Waals surface area contributed by atoms with Gasteiger partial charge in [0.25, 0.3) is 5.56 Å². The molecule has 0 radical (unpaired) electrons. The van der Waals surface area contributed by atoms with Gasteiger partial charge < -0.3 is 10.3 Å². The molecule has 1 aliphatic rings. The molecule has 18 heavy (non-hydrogen) atoms. The van der Waals surface area contributed by atoms with Crippen molar-refractivity contribution in [2.45, 2.75) is 45.6 Å². The molecule has 0 aromatic carbocycles. The minimum absolute atomic E-state index is 0.0342. The van der Waals surface area contributed by atoms with Crippen molar-refractivity contribution < 1.29 is 0 Å². The Hall–Kier alpha value is -1.16. The van der Waals surface area contributed by atoms with E-state index in [1.807, 2.05) is 17.6 Å². The summed E-state index contributed by atoms with van der Waals surface area (Å²) >= 11 is 4.92. The third-order valence-corrected chi connectivity index (χ3v) is 4.04. The first kappa shape index (κ1) is 13.3. The largest absolute Gasteiger partial charge is 0.389 e. The summed E-state index contributed by atoms with van der Waals surface area (Å²) < 4.78 is 1.84. The summed E-state index contributed by atoms with van der Waals surface area (Å²) in [5.74, 6) is 0.622. The number of rotatable bonds is 3. The molecule has 98 valence electrons. The van der Waals surface area contributed by atoms with Gasteiger partial charge in [-0.15, -0.1) is 0 Å². The SMILES string of the molecule is Cc1ccc(C(N)=S)c(=O)n1CC1CCCCC1. The van der Waals surface area contributed by atoms with Gasteiger partial charge in [0.1, 0.15) is 4.99 Å². The van der Waals surface area contributed by atoms with Gasteiger partial charge in [-0.25, -0.2) is 0 Å². The maximum atomic E-state index is 12.3. The second-order valence-electron chi connectivity index (χ2n) is 5.17. The topological polar surface area (TPSA) is 48.0 Å². The van der Waals surface area contributed by atoms with Gasteiger partial charge in [-0.05, 0) is 37.8 Å². The van der Waals surface area contributed by atoms with Crippen molar-refractivity contribution >= 4 is 17.2 Å². The summed E-state index contributed by atoms with van der Waals surface area (Å²) in [6.07, 6.45) is 6.35. The molecular formula is C14H20N2OS. The highest BCUT2D eigenvalue weighted by molar-refractivity contribution is 7.80. The fraction of sp³-hybridized carbons (Fsp3) is 0.571. The van der Waals surface area contributed by atoms with Crippen LogP contribution in [0.25, 0.3) is 0 Å². The number of nitrogens with zero attached hydrogens (tertiary/aromatic N) is 1. The summed E-state index contributed by atoms with van der Waals surface area (Å²) in [6.45, 7) is 2.77. The van der Waals surface area contributed by atoms with E-state index in [4.69, 9.17) is 18.0 Å². The smallest absolute Gasteiger partial charge is 0.260 e. The van der Waals surface area contributed by atoms with Crippen LogP contribution in [0.3, 0.4) is 0 Å². The first-order valence-corrected chi connectivity index (χ1v) is 7.00. The molecule has 1 heterocycles. The predicted octanol–water partition coefficient (Wildman–Crippen LogP) is 2.37. The Balaban J connectivity index is 2.28. The van der Waals surface area contributed by atoms with E-state index in [9.17, 15) is 4.79 Å². The van der Waals surface area contributed by atoms with Gasteiger partial charge in [-0.1, -0.05) is 31.5 Å². The van der Waals surface area contributed by atoms with Crippen molar-refractivity contribution in [3.63, 3.8) is 0 Å². The van der Waals surface area contributed by atoms with E-state index in [0.29, 0.717) is 11.5 Å². The predicted molar refractivity (Wildman–Crippen MR) is 77.9 cm³/mol. The third kappa shape index (κ3) is 2.80. The van der Waals surface area contributed by atoms with Crippen molar-refractivity contribution in [3.8, 4) is 0 Å². The zero-order chi connectivity index (χ0) is 13.1. The van der Waals surface area contributed by atoms with Crippen molar-refractivity contribution in [2.24, 2.45) is 11.7 Å². The molecule has 1 fully saturated rings. The lowest BCUT2D eigenvalue weighted by Gasteiger charge is -2.23. The van der Waals surface area contributed by atoms with Crippen LogP contribution in [0.2, 0.25) is 0 Å². The summed E-state index contributed by atoms with van der Waals surface area (Å²) in [7, 11) is 0. The number of nitrogens with two attached hydrogens (primary N) is 1. The average Bonchev–Trinajstić information content (AvgIpc) is 2.35. The van der Waals surface area contributed by atoms with Gasteiger partial charge >= 0.3 is 0 Å². The Morgan fingerprint density at radius 2 is 2.06 bits per heavy atom. The summed E-state index contributed by atoms with van der Waals surface area (Å²) in [5, 5.41) is 0. The van der Waals surface area contributed by atoms with E-state index in [0.717, 1.165) is 12.2 Å². The van der Waals surface area contributed by atoms with E-state index in [1.165, 1.54) is 32.1 Å². The molecule has 0 aliphatic heterocycles. The Bertz CT molecular complexity index is 501. The third-order valence-electron chi connectivity index (χ3n) is 3.82. The molecule has 1 saturated carbocycles. The normalized spacial score (nSPS) is 16.7. The Kier molecular flexibility index (Phi) is 4.17. The summed E-state index contributed by atoms with van der Waals surface area (Å²) in [5.41, 5.74) is 7.01. The number of thiocarbonyl (C=S) groups is 1. The zero-order valence-corrected chi connectivity index (χ0v) is 11.6. The molecule has 0 bridgehead atoms. The van der Waals surface area contributed by atoms with Crippen LogP contribution in [0, 0.1) is 12.8 Å².